The van der Waals surface area contributed by atoms with Crippen molar-refractivity contribution < 1.29 is 5.48 Å². The van der Waals surface area contributed by atoms with Gasteiger partial charge in [0.05, 0.1) is 11.4 Å². The van der Waals surface area contributed by atoms with Gasteiger partial charge in [0, 0.05) is 36.0 Å². The molecule has 280 valence electrons. The normalized spacial score (nSPS) is 10.8. The van der Waals surface area contributed by atoms with E-state index in [4.69, 9.17) is 0 Å². The first-order valence-electron chi connectivity index (χ1n) is 18.0. The maximum atomic E-state index is 4.57. The van der Waals surface area contributed by atoms with E-state index in [0.29, 0.717) is 0 Å². The lowest BCUT2D eigenvalue weighted by Crippen LogP contribution is -2.05. The van der Waals surface area contributed by atoms with Crippen LogP contribution >= 0.6 is 23.5 Å². The van der Waals surface area contributed by atoms with Gasteiger partial charge in [-0.3, -0.25) is 18.5 Å². The van der Waals surface area contributed by atoms with Gasteiger partial charge in [0.25, 0.3) is 0 Å². The number of rotatable bonds is 12. The molecule has 0 atom stereocenters. The minimum atomic E-state index is 0. The number of hydrogen-bond donors (Lipinski definition) is 0. The number of hydrogen-bond acceptors (Lipinski definition) is 8. The third-order valence-corrected chi connectivity index (χ3v) is 10.6. The van der Waals surface area contributed by atoms with E-state index in [1.807, 2.05) is 71.7 Å². The summed E-state index contributed by atoms with van der Waals surface area (Å²) < 4.78 is 8.20. The van der Waals surface area contributed by atoms with Crippen LogP contribution < -0.4 is 0 Å². The lowest BCUT2D eigenvalue weighted by Gasteiger charge is -2.11. The minimum absolute atomic E-state index is 0. The molecule has 0 bridgehead atoms. The summed E-state index contributed by atoms with van der Waals surface area (Å²) >= 11 is 3.38. The number of benzene rings is 4. The Morgan fingerprint density at radius 2 is 0.818 bits per heavy atom. The van der Waals surface area contributed by atoms with Gasteiger partial charge in [-0.2, -0.15) is 10.2 Å². The van der Waals surface area contributed by atoms with Gasteiger partial charge in [-0.25, -0.2) is 0 Å². The third kappa shape index (κ3) is 9.14. The SMILES string of the molecule is CCn1nc(C)cc1-c1nnc(SCc2ccccc2)n1-c1ccccc1.CCn1nc(C)cc1-c1nnc(SCc2ccccc2)n1-c1ccccc1.O. The van der Waals surface area contributed by atoms with Crippen molar-refractivity contribution in [1.29, 1.82) is 0 Å². The van der Waals surface area contributed by atoms with Crippen molar-refractivity contribution in [3.63, 3.8) is 0 Å². The van der Waals surface area contributed by atoms with E-state index in [2.05, 4.69) is 139 Å². The highest BCUT2D eigenvalue weighted by Crippen LogP contribution is 2.32. The molecule has 4 aromatic heterocycles. The highest BCUT2D eigenvalue weighted by atomic mass is 32.2. The van der Waals surface area contributed by atoms with Gasteiger partial charge >= 0.3 is 0 Å². The Morgan fingerprint density at radius 1 is 0.473 bits per heavy atom. The molecule has 0 radical (unpaired) electrons. The number of para-hydroxylation sites is 2. The molecular weight excluding hydrogens is 725 g/mol. The van der Waals surface area contributed by atoms with Crippen molar-refractivity contribution in [3.05, 3.63) is 156 Å². The third-order valence-electron chi connectivity index (χ3n) is 8.58. The van der Waals surface area contributed by atoms with Crippen molar-refractivity contribution in [1.82, 2.24) is 49.1 Å². The fraction of sp³-hybridized carbons (Fsp3) is 0.190. The number of nitrogens with zero attached hydrogens (tertiary/aromatic N) is 10. The summed E-state index contributed by atoms with van der Waals surface area (Å²) in [5.74, 6) is 3.33. The highest BCUT2D eigenvalue weighted by Gasteiger charge is 2.21. The molecule has 0 amide bonds. The lowest BCUT2D eigenvalue weighted by molar-refractivity contribution is 0.655. The summed E-state index contributed by atoms with van der Waals surface area (Å²) in [6.07, 6.45) is 0. The molecule has 4 aromatic carbocycles. The smallest absolute Gasteiger partial charge is 0.196 e. The standard InChI is InChI=1S/2C21H21N5S.H2O/c2*1-3-25-19(14-16(2)24-25)20-22-23-21(26(20)18-12-8-5-9-13-18)27-15-17-10-6-4-7-11-17;/h2*4-14H,3,15H2,1-2H3;1H2. The molecule has 13 heteroatoms. The molecule has 0 spiro atoms. The molecule has 2 N–H and O–H groups in total. The average Bonchev–Trinajstić information content (AvgIpc) is 4.02. The van der Waals surface area contributed by atoms with Gasteiger partial charge in [-0.1, -0.05) is 121 Å². The largest absolute Gasteiger partial charge is 0.412 e. The second-order valence-corrected chi connectivity index (χ2v) is 14.4. The van der Waals surface area contributed by atoms with E-state index in [9.17, 15) is 0 Å². The quantitative estimate of drug-likeness (QED) is 0.113. The summed E-state index contributed by atoms with van der Waals surface area (Å²) in [7, 11) is 0. The maximum Gasteiger partial charge on any atom is 0.196 e. The van der Waals surface area contributed by atoms with Crippen molar-refractivity contribution in [3.8, 4) is 34.4 Å². The Balaban J connectivity index is 0.000000184. The van der Waals surface area contributed by atoms with Gasteiger partial charge < -0.3 is 5.48 Å². The zero-order valence-electron chi connectivity index (χ0n) is 31.3. The summed E-state index contributed by atoms with van der Waals surface area (Å²) in [5.41, 5.74) is 8.56. The molecule has 4 heterocycles. The molecule has 0 saturated carbocycles. The first-order valence-corrected chi connectivity index (χ1v) is 19.9. The molecule has 0 aliphatic heterocycles. The van der Waals surface area contributed by atoms with Crippen LogP contribution in [-0.2, 0) is 24.6 Å². The first kappa shape index (κ1) is 38.9. The fourth-order valence-electron chi connectivity index (χ4n) is 6.06. The fourth-order valence-corrected chi connectivity index (χ4v) is 7.87. The Hall–Kier alpha value is -5.76. The van der Waals surface area contributed by atoms with Crippen LogP contribution in [-0.4, -0.2) is 54.6 Å². The van der Waals surface area contributed by atoms with Crippen LogP contribution in [0.1, 0.15) is 36.4 Å². The van der Waals surface area contributed by atoms with E-state index in [0.717, 1.165) is 80.7 Å². The van der Waals surface area contributed by atoms with E-state index in [1.54, 1.807) is 23.5 Å². The molecule has 0 saturated heterocycles. The topological polar surface area (TPSA) is 129 Å². The molecule has 0 fully saturated rings. The van der Waals surface area contributed by atoms with Crippen LogP contribution in [0.3, 0.4) is 0 Å². The van der Waals surface area contributed by atoms with Crippen molar-refractivity contribution in [2.45, 2.75) is 62.6 Å². The summed E-state index contributed by atoms with van der Waals surface area (Å²) in [5, 5.41) is 29.0. The predicted octanol–water partition coefficient (Wildman–Crippen LogP) is 8.68. The van der Waals surface area contributed by atoms with Crippen LogP contribution in [0.5, 0.6) is 0 Å². The van der Waals surface area contributed by atoms with Gasteiger partial charge in [0.15, 0.2) is 22.0 Å². The van der Waals surface area contributed by atoms with E-state index >= 15 is 0 Å². The van der Waals surface area contributed by atoms with E-state index < -0.39 is 0 Å². The van der Waals surface area contributed by atoms with Gasteiger partial charge in [0.1, 0.15) is 11.4 Å². The number of thioether (sulfide) groups is 2. The highest BCUT2D eigenvalue weighted by molar-refractivity contribution is 7.98. The maximum absolute atomic E-state index is 4.57. The average molecular weight is 769 g/mol. The van der Waals surface area contributed by atoms with Crippen LogP contribution in [0.15, 0.2) is 144 Å². The van der Waals surface area contributed by atoms with Crippen LogP contribution in [0.25, 0.3) is 34.4 Å². The molecule has 0 aliphatic carbocycles. The molecule has 55 heavy (non-hydrogen) atoms. The Labute approximate surface area is 329 Å². The number of aryl methyl sites for hydroxylation is 4. The Kier molecular flexibility index (Phi) is 13.1. The molecule has 8 rings (SSSR count). The van der Waals surface area contributed by atoms with E-state index in [1.165, 1.54) is 11.1 Å². The van der Waals surface area contributed by atoms with Crippen molar-refractivity contribution in [2.24, 2.45) is 0 Å². The Morgan fingerprint density at radius 3 is 1.16 bits per heavy atom. The van der Waals surface area contributed by atoms with Crippen molar-refractivity contribution in [2.75, 3.05) is 0 Å². The van der Waals surface area contributed by atoms with Gasteiger partial charge in [0.2, 0.25) is 0 Å². The van der Waals surface area contributed by atoms with Crippen LogP contribution in [0.4, 0.5) is 0 Å². The summed E-state index contributed by atoms with van der Waals surface area (Å²) in [6, 6.07) is 45.5. The molecule has 0 aliphatic rings. The first-order chi connectivity index (χ1) is 26.5. The zero-order chi connectivity index (χ0) is 37.3. The zero-order valence-corrected chi connectivity index (χ0v) is 33.0. The summed E-state index contributed by atoms with van der Waals surface area (Å²) in [4.78, 5) is 0. The van der Waals surface area contributed by atoms with Gasteiger partial charge in [-0.15, -0.1) is 20.4 Å². The minimum Gasteiger partial charge on any atom is -0.412 e. The lowest BCUT2D eigenvalue weighted by atomic mass is 10.2. The second kappa shape index (κ2) is 18.5. The van der Waals surface area contributed by atoms with Gasteiger partial charge in [-0.05, 0) is 75.2 Å². The number of aromatic nitrogens is 10. The molecular formula is C42H44N10OS2. The molecule has 0 unspecified atom stereocenters. The van der Waals surface area contributed by atoms with E-state index in [-0.39, 0.29) is 5.48 Å². The van der Waals surface area contributed by atoms with Crippen molar-refractivity contribution >= 4 is 23.5 Å². The molecule has 11 nitrogen and oxygen atoms in total. The molecule has 8 aromatic rings. The van der Waals surface area contributed by atoms with Crippen LogP contribution in [0.2, 0.25) is 0 Å². The second-order valence-electron chi connectivity index (χ2n) is 12.5. The Bertz CT molecular complexity index is 2220. The predicted molar refractivity (Wildman–Crippen MR) is 222 cm³/mol. The summed E-state index contributed by atoms with van der Waals surface area (Å²) in [6.45, 7) is 9.76. The van der Waals surface area contributed by atoms with Crippen LogP contribution in [0, 0.1) is 13.8 Å². The monoisotopic (exact) mass is 768 g/mol.